The minimum absolute atomic E-state index is 0.816. The van der Waals surface area contributed by atoms with E-state index in [1.54, 1.807) is 0 Å². The molecule has 0 spiro atoms. The fraction of sp³-hybridized carbons (Fsp3) is 1.00. The van der Waals surface area contributed by atoms with Crippen LogP contribution in [0.2, 0.25) is 0 Å². The van der Waals surface area contributed by atoms with Crippen LogP contribution in [0, 0.1) is 5.92 Å². The predicted molar refractivity (Wildman–Crippen MR) is 57.8 cm³/mol. The van der Waals surface area contributed by atoms with Crippen LogP contribution in [0.4, 0.5) is 0 Å². The van der Waals surface area contributed by atoms with Gasteiger partial charge < -0.3 is 5.32 Å². The molecular weight excluding hydrogens is 166 g/mol. The molecule has 0 heterocycles. The summed E-state index contributed by atoms with van der Waals surface area (Å²) in [6.45, 7) is 3.35. The molecule has 0 bridgehead atoms. The summed E-state index contributed by atoms with van der Waals surface area (Å²) in [6, 6.07) is 0.816. The Labute approximate surface area is 80.7 Å². The fourth-order valence-electron chi connectivity index (χ4n) is 1.85. The van der Waals surface area contributed by atoms with Crippen LogP contribution in [0.1, 0.15) is 32.6 Å². The molecule has 12 heavy (non-hydrogen) atoms. The lowest BCUT2D eigenvalue weighted by Gasteiger charge is -2.34. The molecule has 1 nitrogen and oxygen atoms in total. The maximum absolute atomic E-state index is 3.61. The first kappa shape index (κ1) is 10.4. The second-order valence-corrected chi connectivity index (χ2v) is 4.62. The molecule has 0 aromatic rings. The van der Waals surface area contributed by atoms with Gasteiger partial charge in [0.25, 0.3) is 0 Å². The maximum Gasteiger partial charge on any atom is 0.0103 e. The summed E-state index contributed by atoms with van der Waals surface area (Å²) in [5, 5.41) is 3.61. The van der Waals surface area contributed by atoms with Crippen molar-refractivity contribution in [2.45, 2.75) is 38.6 Å². The molecule has 72 valence electrons. The van der Waals surface area contributed by atoms with Crippen molar-refractivity contribution < 1.29 is 0 Å². The van der Waals surface area contributed by atoms with Crippen LogP contribution in [0.3, 0.4) is 0 Å². The lowest BCUT2D eigenvalue weighted by Crippen LogP contribution is -2.39. The van der Waals surface area contributed by atoms with E-state index in [-0.39, 0.29) is 0 Å². The highest BCUT2D eigenvalue weighted by Crippen LogP contribution is 2.31. The van der Waals surface area contributed by atoms with Crippen molar-refractivity contribution in [2.75, 3.05) is 18.6 Å². The first-order valence-corrected chi connectivity index (χ1v) is 6.50. The molecule has 0 amide bonds. The van der Waals surface area contributed by atoms with Gasteiger partial charge in [-0.1, -0.05) is 13.3 Å². The average molecular weight is 187 g/mol. The van der Waals surface area contributed by atoms with Crippen molar-refractivity contribution in [1.29, 1.82) is 0 Å². The highest BCUT2D eigenvalue weighted by atomic mass is 32.2. The minimum Gasteiger partial charge on any atom is -0.314 e. The van der Waals surface area contributed by atoms with Crippen LogP contribution >= 0.6 is 11.8 Å². The molecule has 2 heteroatoms. The van der Waals surface area contributed by atoms with Gasteiger partial charge in [0, 0.05) is 6.04 Å². The standard InChI is InChI=1S/C10H21NS/c1-3-11-10(7-8-12-2)9-5-4-6-9/h9-11H,3-8H2,1-2H3. The van der Waals surface area contributed by atoms with E-state index in [1.807, 2.05) is 11.8 Å². The molecule has 1 saturated carbocycles. The van der Waals surface area contributed by atoms with Gasteiger partial charge in [-0.15, -0.1) is 0 Å². The van der Waals surface area contributed by atoms with Gasteiger partial charge in [-0.2, -0.15) is 11.8 Å². The van der Waals surface area contributed by atoms with Gasteiger partial charge in [0.1, 0.15) is 0 Å². The lowest BCUT2D eigenvalue weighted by atomic mass is 9.79. The van der Waals surface area contributed by atoms with Gasteiger partial charge in [0.2, 0.25) is 0 Å². The van der Waals surface area contributed by atoms with Crippen LogP contribution in [0.25, 0.3) is 0 Å². The molecule has 1 atom stereocenters. The van der Waals surface area contributed by atoms with Gasteiger partial charge in [-0.3, -0.25) is 0 Å². The first-order valence-electron chi connectivity index (χ1n) is 5.10. The lowest BCUT2D eigenvalue weighted by molar-refractivity contribution is 0.227. The van der Waals surface area contributed by atoms with Crippen molar-refractivity contribution in [3.05, 3.63) is 0 Å². The molecule has 0 aromatic carbocycles. The summed E-state index contributed by atoms with van der Waals surface area (Å²) in [5.74, 6) is 2.31. The van der Waals surface area contributed by atoms with Crippen molar-refractivity contribution in [1.82, 2.24) is 5.32 Å². The van der Waals surface area contributed by atoms with Crippen molar-refractivity contribution in [3.8, 4) is 0 Å². The predicted octanol–water partition coefficient (Wildman–Crippen LogP) is 2.52. The van der Waals surface area contributed by atoms with Gasteiger partial charge in [-0.05, 0) is 43.7 Å². The van der Waals surface area contributed by atoms with Crippen LogP contribution in [0.5, 0.6) is 0 Å². The Balaban J connectivity index is 2.17. The Morgan fingerprint density at radius 2 is 2.25 bits per heavy atom. The summed E-state index contributed by atoms with van der Waals surface area (Å²) in [7, 11) is 0. The molecule has 1 aliphatic carbocycles. The van der Waals surface area contributed by atoms with Crippen LogP contribution in [-0.4, -0.2) is 24.6 Å². The Bertz CT molecular complexity index is 112. The first-order chi connectivity index (χ1) is 5.88. The summed E-state index contributed by atoms with van der Waals surface area (Å²) in [5.41, 5.74) is 0. The largest absolute Gasteiger partial charge is 0.314 e. The Kier molecular flexibility index (Phi) is 5.08. The van der Waals surface area contributed by atoms with E-state index in [4.69, 9.17) is 0 Å². The monoisotopic (exact) mass is 187 g/mol. The quantitative estimate of drug-likeness (QED) is 0.686. The van der Waals surface area contributed by atoms with Gasteiger partial charge >= 0.3 is 0 Å². The molecular formula is C10H21NS. The van der Waals surface area contributed by atoms with E-state index in [2.05, 4.69) is 18.5 Å². The fourth-order valence-corrected chi connectivity index (χ4v) is 2.34. The van der Waals surface area contributed by atoms with Crippen molar-refractivity contribution >= 4 is 11.8 Å². The third kappa shape index (κ3) is 2.98. The SMILES string of the molecule is CCNC(CCSC)C1CCC1. The molecule has 0 saturated heterocycles. The number of hydrogen-bond donors (Lipinski definition) is 1. The number of nitrogens with one attached hydrogen (secondary N) is 1. The maximum atomic E-state index is 3.61. The molecule has 0 radical (unpaired) electrons. The molecule has 1 fully saturated rings. The minimum atomic E-state index is 0.816. The Hall–Kier alpha value is 0.310. The van der Waals surface area contributed by atoms with Gasteiger partial charge in [-0.25, -0.2) is 0 Å². The van der Waals surface area contributed by atoms with Crippen LogP contribution < -0.4 is 5.32 Å². The normalized spacial score (nSPS) is 20.5. The van der Waals surface area contributed by atoms with Crippen molar-refractivity contribution in [3.63, 3.8) is 0 Å². The molecule has 1 N–H and O–H groups in total. The van der Waals surface area contributed by atoms with Crippen LogP contribution in [0.15, 0.2) is 0 Å². The average Bonchev–Trinajstić information content (AvgIpc) is 1.97. The number of thioether (sulfide) groups is 1. The third-order valence-corrected chi connectivity index (χ3v) is 3.46. The van der Waals surface area contributed by atoms with Gasteiger partial charge in [0.05, 0.1) is 0 Å². The molecule has 0 aromatic heterocycles. The van der Waals surface area contributed by atoms with E-state index in [1.165, 1.54) is 31.4 Å². The second kappa shape index (κ2) is 5.87. The Morgan fingerprint density at radius 1 is 1.50 bits per heavy atom. The molecule has 0 aliphatic heterocycles. The summed E-state index contributed by atoms with van der Waals surface area (Å²) in [4.78, 5) is 0. The third-order valence-electron chi connectivity index (χ3n) is 2.82. The van der Waals surface area contributed by atoms with E-state index in [9.17, 15) is 0 Å². The number of rotatable bonds is 6. The molecule has 1 rings (SSSR count). The zero-order valence-corrected chi connectivity index (χ0v) is 9.12. The second-order valence-electron chi connectivity index (χ2n) is 3.64. The topological polar surface area (TPSA) is 12.0 Å². The summed E-state index contributed by atoms with van der Waals surface area (Å²) < 4.78 is 0. The zero-order valence-electron chi connectivity index (χ0n) is 8.31. The highest BCUT2D eigenvalue weighted by molar-refractivity contribution is 7.98. The molecule has 1 unspecified atom stereocenters. The summed E-state index contributed by atoms with van der Waals surface area (Å²) >= 11 is 1.97. The zero-order chi connectivity index (χ0) is 8.81. The highest BCUT2D eigenvalue weighted by Gasteiger charge is 2.25. The van der Waals surface area contributed by atoms with E-state index in [0.29, 0.717) is 0 Å². The number of hydrogen-bond acceptors (Lipinski definition) is 2. The smallest absolute Gasteiger partial charge is 0.0103 e. The van der Waals surface area contributed by atoms with E-state index in [0.717, 1.165) is 18.5 Å². The van der Waals surface area contributed by atoms with Crippen molar-refractivity contribution in [2.24, 2.45) is 5.92 Å². The van der Waals surface area contributed by atoms with Crippen LogP contribution in [-0.2, 0) is 0 Å². The Morgan fingerprint density at radius 3 is 2.67 bits per heavy atom. The summed E-state index contributed by atoms with van der Waals surface area (Å²) in [6.07, 6.45) is 7.95. The van der Waals surface area contributed by atoms with Gasteiger partial charge in [0.15, 0.2) is 0 Å². The van der Waals surface area contributed by atoms with E-state index >= 15 is 0 Å². The molecule has 1 aliphatic rings. The van der Waals surface area contributed by atoms with E-state index < -0.39 is 0 Å².